The Morgan fingerprint density at radius 2 is 1.74 bits per heavy atom. The van der Waals surface area contributed by atoms with Crippen molar-refractivity contribution in [1.29, 1.82) is 0 Å². The molecule has 1 aromatic rings. The molecule has 2 aliphatic rings. The van der Waals surface area contributed by atoms with E-state index in [2.05, 4.69) is 47.2 Å². The van der Waals surface area contributed by atoms with Gasteiger partial charge in [0.2, 0.25) is 0 Å². The Morgan fingerprint density at radius 3 is 2.37 bits per heavy atom. The number of aryl methyl sites for hydroxylation is 2. The lowest BCUT2D eigenvalue weighted by Gasteiger charge is -2.37. The van der Waals surface area contributed by atoms with Gasteiger partial charge < -0.3 is 10.2 Å². The third-order valence-corrected chi connectivity index (χ3v) is 4.56. The second kappa shape index (κ2) is 5.51. The molecule has 0 amide bonds. The van der Waals surface area contributed by atoms with Gasteiger partial charge in [0.05, 0.1) is 0 Å². The number of nitrogens with one attached hydrogen (secondary N) is 1. The first kappa shape index (κ1) is 12.9. The molecule has 1 N–H and O–H groups in total. The molecular formula is C16H25N3. The summed E-state index contributed by atoms with van der Waals surface area (Å²) in [6.07, 6.45) is 1.28. The second-order valence-electron chi connectivity index (χ2n) is 5.93. The van der Waals surface area contributed by atoms with Crippen LogP contribution in [-0.2, 0) is 0 Å². The van der Waals surface area contributed by atoms with Crippen LogP contribution in [0.1, 0.15) is 17.5 Å². The van der Waals surface area contributed by atoms with Gasteiger partial charge in [-0.25, -0.2) is 0 Å². The Hall–Kier alpha value is -1.06. The van der Waals surface area contributed by atoms with E-state index in [1.54, 1.807) is 0 Å². The molecule has 0 aromatic heterocycles. The van der Waals surface area contributed by atoms with Gasteiger partial charge in [-0.05, 0) is 31.4 Å². The maximum absolute atomic E-state index is 3.38. The lowest BCUT2D eigenvalue weighted by Crippen LogP contribution is -2.57. The third kappa shape index (κ3) is 2.63. The Bertz CT molecular complexity index is 419. The van der Waals surface area contributed by atoms with Crippen LogP contribution < -0.4 is 10.2 Å². The standard InChI is InChI=1S/C16H25N3/c1-13-5-3-6-14(2)16(13)19-8-4-7-18(9-10-19)15-11-17-12-15/h3,5-6,15,17H,4,7-12H2,1-2H3. The highest BCUT2D eigenvalue weighted by molar-refractivity contribution is 5.58. The zero-order chi connectivity index (χ0) is 13.2. The molecule has 0 unspecified atom stereocenters. The van der Waals surface area contributed by atoms with Crippen molar-refractivity contribution < 1.29 is 0 Å². The predicted octanol–water partition coefficient (Wildman–Crippen LogP) is 1.79. The average molecular weight is 259 g/mol. The van der Waals surface area contributed by atoms with Crippen molar-refractivity contribution in [2.24, 2.45) is 0 Å². The lowest BCUT2D eigenvalue weighted by molar-refractivity contribution is 0.155. The molecule has 2 fully saturated rings. The van der Waals surface area contributed by atoms with Crippen LogP contribution in [0.4, 0.5) is 5.69 Å². The lowest BCUT2D eigenvalue weighted by atomic mass is 10.1. The Labute approximate surface area is 116 Å². The first-order valence-corrected chi connectivity index (χ1v) is 7.51. The van der Waals surface area contributed by atoms with Crippen LogP contribution in [0.5, 0.6) is 0 Å². The molecule has 0 atom stereocenters. The maximum Gasteiger partial charge on any atom is 0.0426 e. The minimum Gasteiger partial charge on any atom is -0.370 e. The van der Waals surface area contributed by atoms with Crippen LogP contribution in [-0.4, -0.2) is 50.2 Å². The highest BCUT2D eigenvalue weighted by atomic mass is 15.3. The quantitative estimate of drug-likeness (QED) is 0.873. The molecule has 1 aromatic carbocycles. The van der Waals surface area contributed by atoms with Crippen LogP contribution in [0.3, 0.4) is 0 Å². The van der Waals surface area contributed by atoms with Gasteiger partial charge in [0.15, 0.2) is 0 Å². The van der Waals surface area contributed by atoms with E-state index in [1.807, 2.05) is 0 Å². The fraction of sp³-hybridized carbons (Fsp3) is 0.625. The number of hydrogen-bond acceptors (Lipinski definition) is 3. The maximum atomic E-state index is 3.38. The molecule has 3 rings (SSSR count). The van der Waals surface area contributed by atoms with E-state index in [9.17, 15) is 0 Å². The Kier molecular flexibility index (Phi) is 3.76. The van der Waals surface area contributed by atoms with E-state index >= 15 is 0 Å². The number of nitrogens with zero attached hydrogens (tertiary/aromatic N) is 2. The summed E-state index contributed by atoms with van der Waals surface area (Å²) in [5.74, 6) is 0. The van der Waals surface area contributed by atoms with E-state index in [0.29, 0.717) is 0 Å². The summed E-state index contributed by atoms with van der Waals surface area (Å²) < 4.78 is 0. The molecule has 2 heterocycles. The van der Waals surface area contributed by atoms with Gasteiger partial charge in [-0.1, -0.05) is 18.2 Å². The fourth-order valence-electron chi connectivity index (χ4n) is 3.36. The number of hydrogen-bond donors (Lipinski definition) is 1. The van der Waals surface area contributed by atoms with E-state index in [4.69, 9.17) is 0 Å². The van der Waals surface area contributed by atoms with E-state index in [0.717, 1.165) is 6.04 Å². The summed E-state index contributed by atoms with van der Waals surface area (Å²) in [5, 5.41) is 3.38. The Balaban J connectivity index is 1.72. The summed E-state index contributed by atoms with van der Waals surface area (Å²) in [5.41, 5.74) is 4.30. The van der Waals surface area contributed by atoms with Gasteiger partial charge in [0, 0.05) is 51.0 Å². The molecule has 0 spiro atoms. The summed E-state index contributed by atoms with van der Waals surface area (Å²) in [7, 11) is 0. The van der Waals surface area contributed by atoms with Crippen molar-refractivity contribution >= 4 is 5.69 Å². The SMILES string of the molecule is Cc1cccc(C)c1N1CCCN(C2CNC2)CC1. The van der Waals surface area contributed by atoms with Crippen LogP contribution in [0.25, 0.3) is 0 Å². The molecule has 0 aliphatic carbocycles. The van der Waals surface area contributed by atoms with Gasteiger partial charge in [0.1, 0.15) is 0 Å². The van der Waals surface area contributed by atoms with Crippen molar-refractivity contribution in [2.75, 3.05) is 44.2 Å². The molecule has 2 saturated heterocycles. The molecule has 104 valence electrons. The minimum absolute atomic E-state index is 0.790. The minimum atomic E-state index is 0.790. The van der Waals surface area contributed by atoms with Crippen molar-refractivity contribution in [3.05, 3.63) is 29.3 Å². The van der Waals surface area contributed by atoms with Crippen molar-refractivity contribution in [3.63, 3.8) is 0 Å². The van der Waals surface area contributed by atoms with Crippen molar-refractivity contribution in [2.45, 2.75) is 26.3 Å². The molecular weight excluding hydrogens is 234 g/mol. The van der Waals surface area contributed by atoms with Crippen LogP contribution in [0.15, 0.2) is 18.2 Å². The summed E-state index contributed by atoms with van der Waals surface area (Å²) in [6.45, 7) is 11.7. The van der Waals surface area contributed by atoms with Gasteiger partial charge in [-0.15, -0.1) is 0 Å². The monoisotopic (exact) mass is 259 g/mol. The Morgan fingerprint density at radius 1 is 1.00 bits per heavy atom. The number of para-hydroxylation sites is 1. The molecule has 3 nitrogen and oxygen atoms in total. The van der Waals surface area contributed by atoms with E-state index < -0.39 is 0 Å². The van der Waals surface area contributed by atoms with Crippen molar-refractivity contribution in [3.8, 4) is 0 Å². The summed E-state index contributed by atoms with van der Waals surface area (Å²) >= 11 is 0. The molecule has 2 aliphatic heterocycles. The molecule has 19 heavy (non-hydrogen) atoms. The highest BCUT2D eigenvalue weighted by Crippen LogP contribution is 2.26. The van der Waals surface area contributed by atoms with Crippen LogP contribution in [0.2, 0.25) is 0 Å². The summed E-state index contributed by atoms with van der Waals surface area (Å²) in [6, 6.07) is 7.43. The topological polar surface area (TPSA) is 18.5 Å². The number of anilines is 1. The summed E-state index contributed by atoms with van der Waals surface area (Å²) in [4.78, 5) is 5.26. The highest BCUT2D eigenvalue weighted by Gasteiger charge is 2.26. The van der Waals surface area contributed by atoms with Gasteiger partial charge in [-0.2, -0.15) is 0 Å². The first-order valence-electron chi connectivity index (χ1n) is 7.51. The molecule has 0 radical (unpaired) electrons. The second-order valence-corrected chi connectivity index (χ2v) is 5.93. The first-order chi connectivity index (χ1) is 9.25. The average Bonchev–Trinajstić information content (AvgIpc) is 2.53. The van der Waals surface area contributed by atoms with E-state index in [-0.39, 0.29) is 0 Å². The number of benzene rings is 1. The van der Waals surface area contributed by atoms with Gasteiger partial charge in [0.25, 0.3) is 0 Å². The molecule has 3 heteroatoms. The van der Waals surface area contributed by atoms with Crippen LogP contribution >= 0.6 is 0 Å². The molecule has 0 bridgehead atoms. The predicted molar refractivity (Wildman–Crippen MR) is 81.0 cm³/mol. The van der Waals surface area contributed by atoms with E-state index in [1.165, 1.54) is 62.5 Å². The van der Waals surface area contributed by atoms with Gasteiger partial charge in [-0.3, -0.25) is 4.90 Å². The van der Waals surface area contributed by atoms with Crippen molar-refractivity contribution in [1.82, 2.24) is 10.2 Å². The smallest absolute Gasteiger partial charge is 0.0426 e. The zero-order valence-corrected chi connectivity index (χ0v) is 12.2. The normalized spacial score (nSPS) is 22.1. The van der Waals surface area contributed by atoms with Crippen LogP contribution in [0, 0.1) is 13.8 Å². The van der Waals surface area contributed by atoms with Gasteiger partial charge >= 0.3 is 0 Å². The fourth-order valence-corrected chi connectivity index (χ4v) is 3.36. The third-order valence-electron chi connectivity index (χ3n) is 4.56. The molecule has 0 saturated carbocycles. The largest absolute Gasteiger partial charge is 0.370 e. The number of rotatable bonds is 2. The zero-order valence-electron chi connectivity index (χ0n) is 12.2.